The standard InChI is InChI=1S/C11H21N3O.2ClH/c15-11(9-3-1-5-12-7-9)14-10-4-2-6-13-8-10;;/h9-10,12-13H,1-8H2,(H,14,15);2*1H. The summed E-state index contributed by atoms with van der Waals surface area (Å²) in [5.41, 5.74) is 0. The van der Waals surface area contributed by atoms with Gasteiger partial charge in [-0.25, -0.2) is 0 Å². The van der Waals surface area contributed by atoms with Crippen LogP contribution in [0.5, 0.6) is 0 Å². The number of rotatable bonds is 2. The lowest BCUT2D eigenvalue weighted by atomic mass is 9.97. The van der Waals surface area contributed by atoms with Gasteiger partial charge >= 0.3 is 0 Å². The molecule has 0 aliphatic carbocycles. The molecule has 1 amide bonds. The maximum atomic E-state index is 11.9. The Balaban J connectivity index is 0.00000128. The van der Waals surface area contributed by atoms with E-state index in [4.69, 9.17) is 0 Å². The van der Waals surface area contributed by atoms with Crippen LogP contribution >= 0.6 is 24.8 Å². The van der Waals surface area contributed by atoms with E-state index >= 15 is 0 Å². The first-order valence-electron chi connectivity index (χ1n) is 6.08. The minimum atomic E-state index is 0. The number of hydrogen-bond acceptors (Lipinski definition) is 3. The fourth-order valence-electron chi connectivity index (χ4n) is 2.37. The van der Waals surface area contributed by atoms with Crippen LogP contribution in [0.25, 0.3) is 0 Å². The zero-order chi connectivity index (χ0) is 10.5. The summed E-state index contributed by atoms with van der Waals surface area (Å²) >= 11 is 0. The van der Waals surface area contributed by atoms with Crippen LogP contribution in [0.1, 0.15) is 25.7 Å². The van der Waals surface area contributed by atoms with Crippen LogP contribution in [-0.2, 0) is 4.79 Å². The van der Waals surface area contributed by atoms with E-state index < -0.39 is 0 Å². The van der Waals surface area contributed by atoms with Crippen LogP contribution < -0.4 is 16.0 Å². The molecule has 3 N–H and O–H groups in total. The van der Waals surface area contributed by atoms with Gasteiger partial charge in [-0.15, -0.1) is 24.8 Å². The van der Waals surface area contributed by atoms with Crippen LogP contribution in [0.15, 0.2) is 0 Å². The van der Waals surface area contributed by atoms with Crippen LogP contribution in [0.4, 0.5) is 0 Å². The number of amides is 1. The van der Waals surface area contributed by atoms with Crippen LogP contribution in [0.2, 0.25) is 0 Å². The van der Waals surface area contributed by atoms with Gasteiger partial charge in [-0.2, -0.15) is 0 Å². The first-order chi connectivity index (χ1) is 7.36. The van der Waals surface area contributed by atoms with Gasteiger partial charge in [0.05, 0.1) is 5.92 Å². The Hall–Kier alpha value is -0.0300. The molecule has 0 spiro atoms. The Bertz CT molecular complexity index is 217. The van der Waals surface area contributed by atoms with Crippen molar-refractivity contribution in [2.75, 3.05) is 26.2 Å². The topological polar surface area (TPSA) is 53.2 Å². The fourth-order valence-corrected chi connectivity index (χ4v) is 2.37. The van der Waals surface area contributed by atoms with E-state index in [1.807, 2.05) is 0 Å². The Morgan fingerprint density at radius 2 is 1.65 bits per heavy atom. The summed E-state index contributed by atoms with van der Waals surface area (Å²) in [5.74, 6) is 0.441. The van der Waals surface area contributed by atoms with Gasteiger partial charge in [0.15, 0.2) is 0 Å². The van der Waals surface area contributed by atoms with Gasteiger partial charge in [0, 0.05) is 19.1 Å². The first-order valence-corrected chi connectivity index (χ1v) is 6.08. The van der Waals surface area contributed by atoms with E-state index in [1.165, 1.54) is 6.42 Å². The van der Waals surface area contributed by atoms with Crippen molar-refractivity contribution in [3.63, 3.8) is 0 Å². The lowest BCUT2D eigenvalue weighted by Gasteiger charge is -2.28. The number of hydrogen-bond donors (Lipinski definition) is 3. The third-order valence-corrected chi connectivity index (χ3v) is 3.31. The Kier molecular flexibility index (Phi) is 8.96. The summed E-state index contributed by atoms with van der Waals surface area (Å²) in [5, 5.41) is 9.74. The molecular weight excluding hydrogens is 261 g/mol. The number of carbonyl (C=O) groups excluding carboxylic acids is 1. The molecule has 102 valence electrons. The summed E-state index contributed by atoms with van der Waals surface area (Å²) < 4.78 is 0. The molecule has 0 bridgehead atoms. The number of piperidine rings is 2. The highest BCUT2D eigenvalue weighted by molar-refractivity contribution is 5.85. The van der Waals surface area contributed by atoms with Crippen LogP contribution in [0, 0.1) is 5.92 Å². The quantitative estimate of drug-likeness (QED) is 0.699. The molecule has 2 rings (SSSR count). The second-order valence-electron chi connectivity index (χ2n) is 4.60. The molecule has 0 aromatic carbocycles. The summed E-state index contributed by atoms with van der Waals surface area (Å²) in [4.78, 5) is 11.9. The first kappa shape index (κ1) is 17.0. The average Bonchev–Trinajstić information content (AvgIpc) is 2.31. The van der Waals surface area contributed by atoms with E-state index in [0.29, 0.717) is 6.04 Å². The lowest BCUT2D eigenvalue weighted by Crippen LogP contribution is -2.49. The zero-order valence-corrected chi connectivity index (χ0v) is 11.7. The Morgan fingerprint density at radius 1 is 1.00 bits per heavy atom. The molecule has 6 heteroatoms. The maximum Gasteiger partial charge on any atom is 0.224 e. The van der Waals surface area contributed by atoms with Gasteiger partial charge in [0.2, 0.25) is 5.91 Å². The van der Waals surface area contributed by atoms with Crippen molar-refractivity contribution in [3.05, 3.63) is 0 Å². The monoisotopic (exact) mass is 283 g/mol. The van der Waals surface area contributed by atoms with Crippen molar-refractivity contribution in [3.8, 4) is 0 Å². The summed E-state index contributed by atoms with van der Waals surface area (Å²) in [6, 6.07) is 0.355. The molecule has 2 atom stereocenters. The lowest BCUT2D eigenvalue weighted by molar-refractivity contribution is -0.126. The highest BCUT2D eigenvalue weighted by Crippen LogP contribution is 2.11. The van der Waals surface area contributed by atoms with Gasteiger partial charge in [0.1, 0.15) is 0 Å². The summed E-state index contributed by atoms with van der Waals surface area (Å²) in [7, 11) is 0. The van der Waals surface area contributed by atoms with Crippen molar-refractivity contribution in [2.45, 2.75) is 31.7 Å². The van der Waals surface area contributed by atoms with E-state index in [1.54, 1.807) is 0 Å². The SMILES string of the molecule is Cl.Cl.O=C(NC1CCCNC1)C1CCCNC1. The normalized spacial score (nSPS) is 28.5. The Labute approximate surface area is 115 Å². The molecule has 2 aliphatic rings. The van der Waals surface area contributed by atoms with E-state index in [-0.39, 0.29) is 36.6 Å². The molecule has 2 fully saturated rings. The molecule has 2 heterocycles. The van der Waals surface area contributed by atoms with Gasteiger partial charge in [0.25, 0.3) is 0 Å². The molecule has 0 radical (unpaired) electrons. The molecule has 4 nitrogen and oxygen atoms in total. The predicted octanol–water partition coefficient (Wildman–Crippen LogP) is 0.698. The maximum absolute atomic E-state index is 11.9. The van der Waals surface area contributed by atoms with E-state index in [9.17, 15) is 4.79 Å². The van der Waals surface area contributed by atoms with Crippen LogP contribution in [0.3, 0.4) is 0 Å². The second kappa shape index (κ2) is 8.97. The van der Waals surface area contributed by atoms with Crippen molar-refractivity contribution in [2.24, 2.45) is 5.92 Å². The van der Waals surface area contributed by atoms with Crippen molar-refractivity contribution < 1.29 is 4.79 Å². The molecule has 0 aromatic heterocycles. The number of nitrogens with one attached hydrogen (secondary N) is 3. The molecular formula is C11H23Cl2N3O. The minimum Gasteiger partial charge on any atom is -0.352 e. The molecule has 17 heavy (non-hydrogen) atoms. The van der Waals surface area contributed by atoms with Gasteiger partial charge in [-0.05, 0) is 38.8 Å². The summed E-state index contributed by atoms with van der Waals surface area (Å²) in [6.45, 7) is 3.95. The van der Waals surface area contributed by atoms with Crippen molar-refractivity contribution in [1.82, 2.24) is 16.0 Å². The average molecular weight is 284 g/mol. The van der Waals surface area contributed by atoms with E-state index in [0.717, 1.165) is 45.4 Å². The smallest absolute Gasteiger partial charge is 0.224 e. The predicted molar refractivity (Wildman–Crippen MR) is 74.1 cm³/mol. The second-order valence-corrected chi connectivity index (χ2v) is 4.60. The molecule has 0 aromatic rings. The largest absolute Gasteiger partial charge is 0.352 e. The third-order valence-electron chi connectivity index (χ3n) is 3.31. The number of halogens is 2. The highest BCUT2D eigenvalue weighted by Gasteiger charge is 2.23. The van der Waals surface area contributed by atoms with Gasteiger partial charge < -0.3 is 16.0 Å². The zero-order valence-electron chi connectivity index (χ0n) is 10.0. The highest BCUT2D eigenvalue weighted by atomic mass is 35.5. The van der Waals surface area contributed by atoms with Gasteiger partial charge in [-0.1, -0.05) is 0 Å². The van der Waals surface area contributed by atoms with Gasteiger partial charge in [-0.3, -0.25) is 4.79 Å². The van der Waals surface area contributed by atoms with E-state index in [2.05, 4.69) is 16.0 Å². The fraction of sp³-hybridized carbons (Fsp3) is 0.909. The number of carbonyl (C=O) groups is 1. The van der Waals surface area contributed by atoms with Crippen molar-refractivity contribution >= 4 is 30.7 Å². The third kappa shape index (κ3) is 5.42. The molecule has 2 unspecified atom stereocenters. The summed E-state index contributed by atoms with van der Waals surface area (Å²) in [6.07, 6.45) is 4.47. The van der Waals surface area contributed by atoms with Crippen LogP contribution in [-0.4, -0.2) is 38.1 Å². The Morgan fingerprint density at radius 3 is 2.18 bits per heavy atom. The minimum absolute atomic E-state index is 0. The molecule has 0 saturated carbocycles. The van der Waals surface area contributed by atoms with Crippen molar-refractivity contribution in [1.29, 1.82) is 0 Å². The molecule has 2 saturated heterocycles. The molecule has 2 aliphatic heterocycles.